The van der Waals surface area contributed by atoms with Gasteiger partial charge in [0.25, 0.3) is 0 Å². The van der Waals surface area contributed by atoms with Gasteiger partial charge in [0.1, 0.15) is 0 Å². The van der Waals surface area contributed by atoms with Gasteiger partial charge in [-0.05, 0) is 51.2 Å². The molecule has 1 saturated carbocycles. The van der Waals surface area contributed by atoms with Gasteiger partial charge in [-0.15, -0.1) is 0 Å². The normalized spacial score (nSPS) is 22.3. The number of benzene rings is 1. The van der Waals surface area contributed by atoms with E-state index < -0.39 is 36.6 Å². The Labute approximate surface area is 166 Å². The summed E-state index contributed by atoms with van der Waals surface area (Å²) in [5.74, 6) is 0. The van der Waals surface area contributed by atoms with Crippen LogP contribution in [0.15, 0.2) is 24.3 Å². The van der Waals surface area contributed by atoms with Crippen molar-refractivity contribution in [3.63, 3.8) is 0 Å². The predicted octanol–water partition coefficient (Wildman–Crippen LogP) is 5.17. The van der Waals surface area contributed by atoms with Gasteiger partial charge >= 0.3 is 12.4 Å². The van der Waals surface area contributed by atoms with Crippen molar-refractivity contribution >= 4 is 0 Å². The molecule has 1 aromatic rings. The summed E-state index contributed by atoms with van der Waals surface area (Å²) >= 11 is 0. The van der Waals surface area contributed by atoms with Crippen LogP contribution in [-0.2, 0) is 17.5 Å². The molecule has 0 bridgehead atoms. The fourth-order valence-corrected chi connectivity index (χ4v) is 3.78. The number of rotatable bonds is 7. The molecule has 29 heavy (non-hydrogen) atoms. The zero-order valence-corrected chi connectivity index (χ0v) is 16.4. The first-order chi connectivity index (χ1) is 13.4. The molecule has 1 aliphatic rings. The van der Waals surface area contributed by atoms with Gasteiger partial charge in [0.2, 0.25) is 0 Å². The first-order valence-electron chi connectivity index (χ1n) is 9.67. The number of hydrogen-bond acceptors (Lipinski definition) is 3. The topological polar surface area (TPSA) is 32.7 Å². The first kappa shape index (κ1) is 24.0. The molecule has 0 saturated heterocycles. The van der Waals surface area contributed by atoms with Crippen LogP contribution >= 0.6 is 0 Å². The number of alkyl halides is 6. The van der Waals surface area contributed by atoms with E-state index in [1.54, 1.807) is 0 Å². The minimum atomic E-state index is -4.84. The lowest BCUT2D eigenvalue weighted by Crippen LogP contribution is -2.47. The number of aliphatic hydroxyl groups excluding tert-OH is 1. The lowest BCUT2D eigenvalue weighted by Gasteiger charge is -2.39. The summed E-state index contributed by atoms with van der Waals surface area (Å²) < 4.78 is 84.6. The smallest absolute Gasteiger partial charge is 0.382 e. The lowest BCUT2D eigenvalue weighted by molar-refractivity contribution is -0.210. The van der Waals surface area contributed by atoms with Gasteiger partial charge in [-0.1, -0.05) is 18.2 Å². The van der Waals surface area contributed by atoms with Crippen LogP contribution in [0.3, 0.4) is 0 Å². The highest BCUT2D eigenvalue weighted by atomic mass is 19.4. The molecule has 1 N–H and O–H groups in total. The Morgan fingerprint density at radius 3 is 2.34 bits per heavy atom. The summed E-state index contributed by atoms with van der Waals surface area (Å²) in [5, 5.41) is 9.59. The van der Waals surface area contributed by atoms with Gasteiger partial charge in [0.05, 0.1) is 17.8 Å². The molecule has 0 spiro atoms. The molecule has 1 aromatic carbocycles. The standard InChI is InChI=1S/C20H27F6NO2/c1-13(2)29-16-8-5-7-15(10-16)27(12-18(28)20(24,25)26)11-14-6-3-4-9-17(14)19(21,22)23/h3-4,6,9,13,15-16,18,28H,5,7-8,10-12H2,1-2H3. The molecular formula is C20H27F6NO2. The van der Waals surface area contributed by atoms with E-state index in [9.17, 15) is 31.4 Å². The predicted molar refractivity (Wildman–Crippen MR) is 96.2 cm³/mol. The molecule has 0 aromatic heterocycles. The summed E-state index contributed by atoms with van der Waals surface area (Å²) in [5.41, 5.74) is -0.987. The van der Waals surface area contributed by atoms with E-state index in [0.29, 0.717) is 19.3 Å². The van der Waals surface area contributed by atoms with E-state index in [1.807, 2.05) is 13.8 Å². The Morgan fingerprint density at radius 2 is 1.76 bits per heavy atom. The molecule has 3 atom stereocenters. The monoisotopic (exact) mass is 427 g/mol. The van der Waals surface area contributed by atoms with E-state index in [2.05, 4.69) is 0 Å². The minimum Gasteiger partial charge on any atom is -0.382 e. The number of hydrogen-bond donors (Lipinski definition) is 1. The van der Waals surface area contributed by atoms with Gasteiger partial charge in [-0.3, -0.25) is 4.90 Å². The number of nitrogens with zero attached hydrogens (tertiary/aromatic N) is 1. The Morgan fingerprint density at radius 1 is 1.10 bits per heavy atom. The van der Waals surface area contributed by atoms with Crippen LogP contribution in [0.5, 0.6) is 0 Å². The van der Waals surface area contributed by atoms with Crippen molar-refractivity contribution < 1.29 is 36.2 Å². The fourth-order valence-electron chi connectivity index (χ4n) is 3.78. The molecule has 0 aliphatic heterocycles. The largest absolute Gasteiger partial charge is 0.416 e. The molecule has 3 unspecified atom stereocenters. The van der Waals surface area contributed by atoms with Crippen LogP contribution in [0.25, 0.3) is 0 Å². The SMILES string of the molecule is CC(C)OC1CCCC(N(Cc2ccccc2C(F)(F)F)CC(O)C(F)(F)F)C1. The third-order valence-corrected chi connectivity index (χ3v) is 5.06. The maximum absolute atomic E-state index is 13.3. The van der Waals surface area contributed by atoms with Crippen LogP contribution in [0.4, 0.5) is 26.3 Å². The highest BCUT2D eigenvalue weighted by Crippen LogP contribution is 2.34. The van der Waals surface area contributed by atoms with Crippen LogP contribution in [0.2, 0.25) is 0 Å². The van der Waals surface area contributed by atoms with Crippen molar-refractivity contribution in [1.29, 1.82) is 0 Å². The van der Waals surface area contributed by atoms with Gasteiger partial charge in [0.15, 0.2) is 6.10 Å². The van der Waals surface area contributed by atoms with E-state index in [1.165, 1.54) is 23.1 Å². The highest BCUT2D eigenvalue weighted by Gasteiger charge is 2.41. The second-order valence-electron chi connectivity index (χ2n) is 7.77. The molecular weight excluding hydrogens is 400 g/mol. The summed E-state index contributed by atoms with van der Waals surface area (Å²) in [6.45, 7) is 2.60. The summed E-state index contributed by atoms with van der Waals surface area (Å²) in [6.07, 6.45) is -9.91. The van der Waals surface area contributed by atoms with Gasteiger partial charge in [0, 0.05) is 19.1 Å². The van der Waals surface area contributed by atoms with Crippen molar-refractivity contribution in [2.24, 2.45) is 0 Å². The first-order valence-corrected chi connectivity index (χ1v) is 9.67. The zero-order valence-electron chi connectivity index (χ0n) is 16.4. The Hall–Kier alpha value is -1.32. The van der Waals surface area contributed by atoms with Gasteiger partial charge in [-0.2, -0.15) is 26.3 Å². The molecule has 2 rings (SSSR count). The second-order valence-corrected chi connectivity index (χ2v) is 7.77. The molecule has 0 heterocycles. The molecule has 1 fully saturated rings. The van der Waals surface area contributed by atoms with Crippen molar-refractivity contribution in [3.8, 4) is 0 Å². The van der Waals surface area contributed by atoms with Gasteiger partial charge in [-0.25, -0.2) is 0 Å². The Balaban J connectivity index is 2.26. The van der Waals surface area contributed by atoms with E-state index in [4.69, 9.17) is 4.74 Å². The Kier molecular flexibility index (Phi) is 7.98. The van der Waals surface area contributed by atoms with Crippen LogP contribution in [0.1, 0.15) is 50.7 Å². The Bertz CT molecular complexity index is 647. The quantitative estimate of drug-likeness (QED) is 0.610. The highest BCUT2D eigenvalue weighted by molar-refractivity contribution is 5.29. The molecule has 1 aliphatic carbocycles. The molecule has 0 amide bonds. The molecule has 3 nitrogen and oxygen atoms in total. The fraction of sp³-hybridized carbons (Fsp3) is 0.700. The summed E-state index contributed by atoms with van der Waals surface area (Å²) in [4.78, 5) is 1.32. The summed E-state index contributed by atoms with van der Waals surface area (Å²) in [7, 11) is 0. The van der Waals surface area contributed by atoms with E-state index in [-0.39, 0.29) is 24.3 Å². The zero-order chi connectivity index (χ0) is 21.8. The van der Waals surface area contributed by atoms with Crippen LogP contribution in [-0.4, -0.2) is 47.1 Å². The van der Waals surface area contributed by atoms with Crippen molar-refractivity contribution in [1.82, 2.24) is 4.90 Å². The maximum atomic E-state index is 13.3. The van der Waals surface area contributed by atoms with E-state index in [0.717, 1.165) is 12.5 Å². The van der Waals surface area contributed by atoms with E-state index >= 15 is 0 Å². The minimum absolute atomic E-state index is 0.0566. The average Bonchev–Trinajstić information content (AvgIpc) is 2.59. The lowest BCUT2D eigenvalue weighted by atomic mass is 9.90. The van der Waals surface area contributed by atoms with Crippen molar-refractivity contribution in [3.05, 3.63) is 35.4 Å². The maximum Gasteiger partial charge on any atom is 0.416 e. The number of aliphatic hydroxyl groups is 1. The third kappa shape index (κ3) is 7.15. The van der Waals surface area contributed by atoms with Crippen molar-refractivity contribution in [2.45, 2.75) is 82.8 Å². The number of ether oxygens (including phenoxy) is 1. The van der Waals surface area contributed by atoms with Crippen LogP contribution < -0.4 is 0 Å². The van der Waals surface area contributed by atoms with Crippen molar-refractivity contribution in [2.75, 3.05) is 6.54 Å². The molecule has 9 heteroatoms. The summed E-state index contributed by atoms with van der Waals surface area (Å²) in [6, 6.07) is 4.44. The second kappa shape index (κ2) is 9.66. The van der Waals surface area contributed by atoms with Gasteiger partial charge < -0.3 is 9.84 Å². The molecule has 0 radical (unpaired) electrons. The third-order valence-electron chi connectivity index (χ3n) is 5.06. The van der Waals surface area contributed by atoms with Crippen LogP contribution in [0, 0.1) is 0 Å². The average molecular weight is 427 g/mol. The molecule has 166 valence electrons. The number of halogens is 6.